The number of carbonyl (C=O) groups is 1. The maximum atomic E-state index is 11.4. The monoisotopic (exact) mass is 408 g/mol. The molecule has 0 aliphatic carbocycles. The van der Waals surface area contributed by atoms with Crippen LogP contribution in [0.25, 0.3) is 10.8 Å². The molecule has 0 saturated carbocycles. The third-order valence-corrected chi connectivity index (χ3v) is 4.73. The van der Waals surface area contributed by atoms with E-state index in [0.717, 1.165) is 0 Å². The van der Waals surface area contributed by atoms with Crippen LogP contribution >= 0.6 is 0 Å². The minimum atomic E-state index is -4.76. The fraction of sp³-hybridized carbons (Fsp3) is 0.0556. The van der Waals surface area contributed by atoms with Gasteiger partial charge in [0.1, 0.15) is 27.2 Å². The summed E-state index contributed by atoms with van der Waals surface area (Å²) in [5, 5.41) is 27.8. The molecule has 8 nitrogen and oxygen atoms in total. The second-order valence-corrected chi connectivity index (χ2v) is 7.15. The minimum absolute atomic E-state index is 0. The first-order chi connectivity index (χ1) is 12.7. The van der Waals surface area contributed by atoms with Gasteiger partial charge in [-0.15, -0.1) is 10.2 Å². The molecule has 138 valence electrons. The van der Waals surface area contributed by atoms with Crippen LogP contribution in [0.5, 0.6) is 5.75 Å². The summed E-state index contributed by atoms with van der Waals surface area (Å²) in [6, 6.07) is 11.2. The summed E-state index contributed by atoms with van der Waals surface area (Å²) in [4.78, 5) is 10.6. The van der Waals surface area contributed by atoms with Crippen molar-refractivity contribution in [1.82, 2.24) is 0 Å². The number of azo groups is 1. The van der Waals surface area contributed by atoms with Crippen molar-refractivity contribution < 1.29 is 57.5 Å². The molecule has 0 heterocycles. The van der Waals surface area contributed by atoms with Gasteiger partial charge < -0.3 is 14.8 Å². The van der Waals surface area contributed by atoms with E-state index < -0.39 is 21.0 Å². The van der Waals surface area contributed by atoms with Crippen LogP contribution in [0.3, 0.4) is 0 Å². The number of benzene rings is 3. The van der Waals surface area contributed by atoms with Crippen LogP contribution in [-0.4, -0.2) is 29.2 Å². The van der Waals surface area contributed by atoms with E-state index in [1.807, 2.05) is 0 Å². The Bertz CT molecular complexity index is 1210. The van der Waals surface area contributed by atoms with Gasteiger partial charge in [0.15, 0.2) is 0 Å². The number of fused-ring (bicyclic) bond motifs is 1. The third-order valence-electron chi connectivity index (χ3n) is 3.86. The summed E-state index contributed by atoms with van der Waals surface area (Å²) in [6.45, 7) is 1.63. The molecule has 0 aliphatic rings. The largest absolute Gasteiger partial charge is 1.00 e. The predicted molar refractivity (Wildman–Crippen MR) is 95.9 cm³/mol. The van der Waals surface area contributed by atoms with Gasteiger partial charge in [0.05, 0.1) is 10.5 Å². The number of phenolic OH excluding ortho intramolecular Hbond substituents is 1. The Kier molecular flexibility index (Phi) is 6.58. The van der Waals surface area contributed by atoms with Crippen molar-refractivity contribution in [3.8, 4) is 5.75 Å². The van der Waals surface area contributed by atoms with Crippen molar-refractivity contribution in [2.45, 2.75) is 11.8 Å². The van der Waals surface area contributed by atoms with Crippen LogP contribution in [0.2, 0.25) is 0 Å². The molecule has 0 aliphatic heterocycles. The van der Waals surface area contributed by atoms with Crippen molar-refractivity contribution >= 4 is 38.2 Å². The Hall–Kier alpha value is -2.30. The second-order valence-electron chi connectivity index (χ2n) is 5.80. The van der Waals surface area contributed by atoms with Crippen molar-refractivity contribution in [2.75, 3.05) is 0 Å². The number of aromatic hydroxyl groups is 1. The average Bonchev–Trinajstić information content (AvgIpc) is 2.60. The molecule has 0 saturated heterocycles. The van der Waals surface area contributed by atoms with Crippen molar-refractivity contribution in [2.24, 2.45) is 10.2 Å². The van der Waals surface area contributed by atoms with Crippen LogP contribution in [0.4, 0.5) is 11.4 Å². The predicted octanol–water partition coefficient (Wildman–Crippen LogP) is 0.876. The van der Waals surface area contributed by atoms with Crippen molar-refractivity contribution in [3.63, 3.8) is 0 Å². The van der Waals surface area contributed by atoms with E-state index in [1.54, 1.807) is 13.0 Å². The second kappa shape index (κ2) is 8.38. The van der Waals surface area contributed by atoms with Gasteiger partial charge in [-0.3, -0.25) is 0 Å². The van der Waals surface area contributed by atoms with Gasteiger partial charge in [0.25, 0.3) is 0 Å². The molecule has 28 heavy (non-hydrogen) atoms. The number of aryl methyl sites for hydroxylation is 1. The molecular formula is C18H13N2NaO6S. The van der Waals surface area contributed by atoms with E-state index in [0.29, 0.717) is 16.3 Å². The Morgan fingerprint density at radius 2 is 1.75 bits per heavy atom. The smallest absolute Gasteiger partial charge is 0.744 e. The van der Waals surface area contributed by atoms with Crippen LogP contribution in [-0.2, 0) is 10.1 Å². The number of rotatable bonds is 4. The summed E-state index contributed by atoms with van der Waals surface area (Å²) in [5.41, 5.74) is 0.500. The number of hydrogen-bond donors (Lipinski definition) is 2. The molecule has 0 unspecified atom stereocenters. The van der Waals surface area contributed by atoms with Crippen LogP contribution in [0.15, 0.2) is 63.7 Å². The molecule has 10 heteroatoms. The molecular weight excluding hydrogens is 395 g/mol. The number of carboxylic acids is 1. The zero-order valence-electron chi connectivity index (χ0n) is 14.9. The zero-order valence-corrected chi connectivity index (χ0v) is 17.8. The summed E-state index contributed by atoms with van der Waals surface area (Å²) in [7, 11) is -4.76. The first kappa shape index (κ1) is 22.0. The Morgan fingerprint density at radius 3 is 2.39 bits per heavy atom. The minimum Gasteiger partial charge on any atom is -0.744 e. The first-order valence-corrected chi connectivity index (χ1v) is 9.05. The summed E-state index contributed by atoms with van der Waals surface area (Å²) in [6.07, 6.45) is 0. The van der Waals surface area contributed by atoms with E-state index in [4.69, 9.17) is 5.11 Å². The fourth-order valence-electron chi connectivity index (χ4n) is 2.55. The topological polar surface area (TPSA) is 139 Å². The number of carboxylic acid groups (broad SMARTS) is 1. The molecule has 0 aromatic heterocycles. The maximum Gasteiger partial charge on any atom is 1.00 e. The molecule has 0 radical (unpaired) electrons. The van der Waals surface area contributed by atoms with E-state index in [-0.39, 0.29) is 52.2 Å². The Balaban J connectivity index is 0.00000280. The summed E-state index contributed by atoms with van der Waals surface area (Å²) in [5.74, 6) is -1.33. The maximum absolute atomic E-state index is 11.4. The standard InChI is InChI=1S/C18H14N2O6S.Na/c1-10-2-6-14(16(8-10)27(24,25)26)19-20-17-13-5-3-12(18(22)23)9-11(13)4-7-15(17)21;/h2-9,21H,1H3,(H,22,23)(H,24,25,26);/q;+1/p-1. The molecule has 0 fully saturated rings. The number of nitrogens with zero attached hydrogens (tertiary/aromatic N) is 2. The molecule has 3 aromatic rings. The van der Waals surface area contributed by atoms with Crippen LogP contribution in [0.1, 0.15) is 15.9 Å². The van der Waals surface area contributed by atoms with E-state index in [1.165, 1.54) is 42.5 Å². The molecule has 2 N–H and O–H groups in total. The summed E-state index contributed by atoms with van der Waals surface area (Å²) >= 11 is 0. The quantitative estimate of drug-likeness (QED) is 0.373. The number of hydrogen-bond acceptors (Lipinski definition) is 7. The van der Waals surface area contributed by atoms with Gasteiger partial charge in [-0.05, 0) is 48.2 Å². The van der Waals surface area contributed by atoms with Crippen LogP contribution < -0.4 is 29.6 Å². The molecule has 3 aromatic carbocycles. The fourth-order valence-corrected chi connectivity index (χ4v) is 3.24. The van der Waals surface area contributed by atoms with Crippen molar-refractivity contribution in [1.29, 1.82) is 0 Å². The van der Waals surface area contributed by atoms with Gasteiger partial charge in [-0.2, -0.15) is 0 Å². The number of aromatic carboxylic acids is 1. The van der Waals surface area contributed by atoms with Gasteiger partial charge in [-0.25, -0.2) is 13.2 Å². The molecule has 0 amide bonds. The number of phenols is 1. The Morgan fingerprint density at radius 1 is 1.04 bits per heavy atom. The molecule has 0 spiro atoms. The van der Waals surface area contributed by atoms with Gasteiger partial charge in [-0.1, -0.05) is 18.2 Å². The SMILES string of the molecule is Cc1ccc(N=Nc2c(O)ccc3cc(C(=O)O)ccc23)c(S(=O)(=O)[O-])c1.[Na+]. The normalized spacial score (nSPS) is 11.5. The van der Waals surface area contributed by atoms with Crippen LogP contribution in [0, 0.1) is 6.92 Å². The third kappa shape index (κ3) is 4.57. The van der Waals surface area contributed by atoms with E-state index >= 15 is 0 Å². The summed E-state index contributed by atoms with van der Waals surface area (Å²) < 4.78 is 34.3. The molecule has 0 bridgehead atoms. The van der Waals surface area contributed by atoms with Crippen molar-refractivity contribution in [3.05, 3.63) is 59.7 Å². The van der Waals surface area contributed by atoms with E-state index in [9.17, 15) is 22.9 Å². The van der Waals surface area contributed by atoms with Gasteiger partial charge in [0, 0.05) is 5.39 Å². The first-order valence-electron chi connectivity index (χ1n) is 7.64. The van der Waals surface area contributed by atoms with Gasteiger partial charge in [0.2, 0.25) is 0 Å². The molecule has 0 atom stereocenters. The van der Waals surface area contributed by atoms with Gasteiger partial charge >= 0.3 is 35.5 Å². The average molecular weight is 408 g/mol. The Labute approximate surface area is 182 Å². The zero-order chi connectivity index (χ0) is 19.8. The van der Waals surface area contributed by atoms with E-state index in [2.05, 4.69) is 10.2 Å². The molecule has 3 rings (SSSR count).